The maximum Gasteiger partial charge on any atom is 0.233 e. The number of carbonyl (C=O) groups is 1. The van der Waals surface area contributed by atoms with E-state index in [1.807, 2.05) is 16.7 Å². The zero-order chi connectivity index (χ0) is 13.9. The molecule has 3 rings (SSSR count). The summed E-state index contributed by atoms with van der Waals surface area (Å²) >= 11 is 3.63. The number of hydrogen-bond donors (Lipinski definition) is 0. The quantitative estimate of drug-likeness (QED) is 0.782. The van der Waals surface area contributed by atoms with Crippen LogP contribution < -0.4 is 4.74 Å². The highest BCUT2D eigenvalue weighted by atomic mass is 32.2. The van der Waals surface area contributed by atoms with Crippen molar-refractivity contribution >= 4 is 29.4 Å². The van der Waals surface area contributed by atoms with E-state index in [9.17, 15) is 4.79 Å². The van der Waals surface area contributed by atoms with E-state index >= 15 is 0 Å². The molecule has 0 radical (unpaired) electrons. The maximum atomic E-state index is 12.1. The zero-order valence-electron chi connectivity index (χ0n) is 11.6. The van der Waals surface area contributed by atoms with Crippen molar-refractivity contribution in [1.29, 1.82) is 0 Å². The highest BCUT2D eigenvalue weighted by Gasteiger charge is 2.32. The van der Waals surface area contributed by atoms with Gasteiger partial charge in [-0.2, -0.15) is 11.8 Å². The predicted octanol–water partition coefficient (Wildman–Crippen LogP) is 2.95. The van der Waals surface area contributed by atoms with E-state index in [1.165, 1.54) is 11.1 Å². The van der Waals surface area contributed by atoms with Crippen LogP contribution >= 0.6 is 23.5 Å². The van der Waals surface area contributed by atoms with Crippen molar-refractivity contribution in [3.63, 3.8) is 0 Å². The number of thioether (sulfide) groups is 2. The van der Waals surface area contributed by atoms with Crippen molar-refractivity contribution in [3.05, 3.63) is 29.3 Å². The molecule has 1 amide bonds. The van der Waals surface area contributed by atoms with Gasteiger partial charge in [-0.3, -0.25) is 4.79 Å². The Balaban J connectivity index is 1.75. The van der Waals surface area contributed by atoms with E-state index in [2.05, 4.69) is 25.1 Å². The Hall–Kier alpha value is -0.810. The number of fused-ring (bicyclic) bond motifs is 1. The highest BCUT2D eigenvalue weighted by Crippen LogP contribution is 2.40. The summed E-state index contributed by atoms with van der Waals surface area (Å²) in [6, 6.07) is 6.39. The maximum absolute atomic E-state index is 12.1. The Morgan fingerprint density at radius 3 is 3.25 bits per heavy atom. The molecule has 1 aromatic carbocycles. The lowest BCUT2D eigenvalue weighted by atomic mass is 10.1. The molecule has 0 aliphatic carbocycles. The molecule has 0 bridgehead atoms. The van der Waals surface area contributed by atoms with Gasteiger partial charge in [0, 0.05) is 18.7 Å². The van der Waals surface area contributed by atoms with Gasteiger partial charge in [-0.15, -0.1) is 11.8 Å². The lowest BCUT2D eigenvalue weighted by Gasteiger charge is -2.24. The third kappa shape index (κ3) is 2.79. The second-order valence-corrected chi connectivity index (χ2v) is 7.38. The summed E-state index contributed by atoms with van der Waals surface area (Å²) in [7, 11) is 0. The predicted molar refractivity (Wildman–Crippen MR) is 85.6 cm³/mol. The molecule has 1 atom stereocenters. The summed E-state index contributed by atoms with van der Waals surface area (Å²) in [5, 5.41) is 0.186. The molecule has 0 spiro atoms. The van der Waals surface area contributed by atoms with Crippen LogP contribution in [0.2, 0.25) is 0 Å². The number of hydrogen-bond acceptors (Lipinski definition) is 4. The van der Waals surface area contributed by atoms with Crippen LogP contribution in [0, 0.1) is 0 Å². The molecule has 108 valence electrons. The number of amides is 1. The molecule has 1 aromatic rings. The standard InChI is InChI=1S/C15H19NO2S2/c1-2-19-8-6-16-14(17)10-20-15(16)12-3-4-13-11(9-12)5-7-18-13/h3-4,9,15H,2,5-8,10H2,1H3. The highest BCUT2D eigenvalue weighted by molar-refractivity contribution is 8.00. The first-order valence-electron chi connectivity index (χ1n) is 7.04. The van der Waals surface area contributed by atoms with Gasteiger partial charge in [-0.1, -0.05) is 13.0 Å². The van der Waals surface area contributed by atoms with E-state index < -0.39 is 0 Å². The van der Waals surface area contributed by atoms with Gasteiger partial charge in [-0.25, -0.2) is 0 Å². The molecule has 2 heterocycles. The van der Waals surface area contributed by atoms with E-state index in [4.69, 9.17) is 4.74 Å². The molecule has 2 aliphatic heterocycles. The fourth-order valence-corrected chi connectivity index (χ4v) is 4.46. The van der Waals surface area contributed by atoms with Crippen LogP contribution in [0.15, 0.2) is 18.2 Å². The monoisotopic (exact) mass is 309 g/mol. The van der Waals surface area contributed by atoms with Crippen LogP contribution in [0.1, 0.15) is 23.4 Å². The lowest BCUT2D eigenvalue weighted by Crippen LogP contribution is -2.30. The van der Waals surface area contributed by atoms with Gasteiger partial charge in [0.25, 0.3) is 0 Å². The largest absolute Gasteiger partial charge is 0.493 e. The fourth-order valence-electron chi connectivity index (χ4n) is 2.64. The van der Waals surface area contributed by atoms with Gasteiger partial charge < -0.3 is 9.64 Å². The van der Waals surface area contributed by atoms with Crippen molar-refractivity contribution in [1.82, 2.24) is 4.90 Å². The minimum absolute atomic E-state index is 0.186. The minimum Gasteiger partial charge on any atom is -0.493 e. The van der Waals surface area contributed by atoms with Crippen LogP contribution in [0.5, 0.6) is 5.75 Å². The SMILES string of the molecule is CCSCCN1C(=O)CSC1c1ccc2c(c1)CCO2. The third-order valence-corrected chi connectivity index (χ3v) is 5.78. The Morgan fingerprint density at radius 1 is 1.50 bits per heavy atom. The van der Waals surface area contributed by atoms with E-state index in [1.54, 1.807) is 11.8 Å². The molecule has 0 saturated carbocycles. The van der Waals surface area contributed by atoms with Gasteiger partial charge in [-0.05, 0) is 29.0 Å². The molecule has 1 unspecified atom stereocenters. The second-order valence-electron chi connectivity index (χ2n) is 4.91. The van der Waals surface area contributed by atoms with Crippen LogP contribution in [-0.2, 0) is 11.2 Å². The average molecular weight is 309 g/mol. The lowest BCUT2D eigenvalue weighted by molar-refractivity contribution is -0.127. The second kappa shape index (κ2) is 6.31. The molecule has 1 fully saturated rings. The van der Waals surface area contributed by atoms with E-state index in [0.717, 1.165) is 36.8 Å². The molecule has 20 heavy (non-hydrogen) atoms. The van der Waals surface area contributed by atoms with Gasteiger partial charge in [0.15, 0.2) is 0 Å². The van der Waals surface area contributed by atoms with Crippen LogP contribution in [0.4, 0.5) is 0 Å². The van der Waals surface area contributed by atoms with Gasteiger partial charge in [0.05, 0.1) is 12.4 Å². The average Bonchev–Trinajstić information content (AvgIpc) is 3.05. The number of ether oxygens (including phenoxy) is 1. The summed E-state index contributed by atoms with van der Waals surface area (Å²) < 4.78 is 5.55. The summed E-state index contributed by atoms with van der Waals surface area (Å²) in [6.45, 7) is 3.79. The minimum atomic E-state index is 0.186. The molecule has 1 saturated heterocycles. The first-order valence-corrected chi connectivity index (χ1v) is 9.24. The number of rotatable bonds is 5. The van der Waals surface area contributed by atoms with Crippen molar-refractivity contribution in [2.45, 2.75) is 18.7 Å². The number of carbonyl (C=O) groups excluding carboxylic acids is 1. The van der Waals surface area contributed by atoms with E-state index in [0.29, 0.717) is 5.75 Å². The third-order valence-electron chi connectivity index (χ3n) is 3.65. The van der Waals surface area contributed by atoms with Crippen molar-refractivity contribution in [2.75, 3.05) is 30.4 Å². The van der Waals surface area contributed by atoms with Gasteiger partial charge in [0.2, 0.25) is 5.91 Å². The summed E-state index contributed by atoms with van der Waals surface area (Å²) in [5.74, 6) is 4.02. The summed E-state index contributed by atoms with van der Waals surface area (Å²) in [4.78, 5) is 14.1. The topological polar surface area (TPSA) is 29.5 Å². The normalized spacial score (nSPS) is 21.1. The number of nitrogens with zero attached hydrogens (tertiary/aromatic N) is 1. The first-order chi connectivity index (χ1) is 9.79. The molecule has 2 aliphatic rings. The van der Waals surface area contributed by atoms with Crippen molar-refractivity contribution in [2.24, 2.45) is 0 Å². The molecule has 5 heteroatoms. The Kier molecular flexibility index (Phi) is 4.46. The number of benzene rings is 1. The van der Waals surface area contributed by atoms with Crippen molar-refractivity contribution in [3.8, 4) is 5.75 Å². The molecular weight excluding hydrogens is 290 g/mol. The fraction of sp³-hybridized carbons (Fsp3) is 0.533. The summed E-state index contributed by atoms with van der Waals surface area (Å²) in [5.41, 5.74) is 2.52. The summed E-state index contributed by atoms with van der Waals surface area (Å²) in [6.07, 6.45) is 0.986. The van der Waals surface area contributed by atoms with Crippen LogP contribution in [0.25, 0.3) is 0 Å². The molecule has 3 nitrogen and oxygen atoms in total. The van der Waals surface area contributed by atoms with Crippen molar-refractivity contribution < 1.29 is 9.53 Å². The smallest absolute Gasteiger partial charge is 0.233 e. The Labute approximate surface area is 128 Å². The Bertz CT molecular complexity index is 507. The van der Waals surface area contributed by atoms with Crippen LogP contribution in [-0.4, -0.2) is 41.2 Å². The Morgan fingerprint density at radius 2 is 2.40 bits per heavy atom. The molecule has 0 N–H and O–H groups in total. The van der Waals surface area contributed by atoms with Crippen LogP contribution in [0.3, 0.4) is 0 Å². The van der Waals surface area contributed by atoms with Gasteiger partial charge >= 0.3 is 0 Å². The van der Waals surface area contributed by atoms with Gasteiger partial charge in [0.1, 0.15) is 11.1 Å². The first kappa shape index (κ1) is 14.1. The van der Waals surface area contributed by atoms with E-state index in [-0.39, 0.29) is 11.3 Å². The molecule has 0 aromatic heterocycles. The molecular formula is C15H19NO2S2. The zero-order valence-corrected chi connectivity index (χ0v) is 13.3.